The number of hydrogen-bond donors (Lipinski definition) is 2. The van der Waals surface area contributed by atoms with E-state index in [-0.39, 0.29) is 0 Å². The van der Waals surface area contributed by atoms with Crippen LogP contribution in [0.25, 0.3) is 0 Å². The van der Waals surface area contributed by atoms with E-state index in [1.807, 2.05) is 6.92 Å². The lowest BCUT2D eigenvalue weighted by molar-refractivity contribution is 0.181. The number of hydrogen-bond acceptors (Lipinski definition) is 3. The van der Waals surface area contributed by atoms with Crippen LogP contribution in [0.4, 0.5) is 0 Å². The second-order valence-corrected chi connectivity index (χ2v) is 4.55. The molecule has 4 nitrogen and oxygen atoms in total. The molecule has 0 spiro atoms. The van der Waals surface area contributed by atoms with Gasteiger partial charge in [0.15, 0.2) is 0 Å². The van der Waals surface area contributed by atoms with Gasteiger partial charge in [-0.05, 0) is 19.8 Å². The van der Waals surface area contributed by atoms with Crippen molar-refractivity contribution in [3.05, 3.63) is 17.2 Å². The molecular weight excluding hydrogens is 202 g/mol. The fourth-order valence-corrected chi connectivity index (χ4v) is 2.30. The van der Waals surface area contributed by atoms with Gasteiger partial charge >= 0.3 is 0 Å². The molecule has 0 saturated heterocycles. The van der Waals surface area contributed by atoms with Crippen molar-refractivity contribution in [2.75, 3.05) is 7.11 Å². The Labute approximate surface area is 96.8 Å². The van der Waals surface area contributed by atoms with E-state index in [0.717, 1.165) is 23.8 Å². The van der Waals surface area contributed by atoms with Gasteiger partial charge in [0, 0.05) is 18.8 Å². The Morgan fingerprint density at radius 2 is 2.19 bits per heavy atom. The van der Waals surface area contributed by atoms with Crippen molar-refractivity contribution in [1.82, 2.24) is 15.3 Å². The molecule has 4 heteroatoms. The van der Waals surface area contributed by atoms with Gasteiger partial charge < -0.3 is 15.0 Å². The number of aryl methyl sites for hydroxylation is 1. The molecule has 1 heterocycles. The van der Waals surface area contributed by atoms with Gasteiger partial charge in [-0.15, -0.1) is 0 Å². The van der Waals surface area contributed by atoms with Gasteiger partial charge in [0.1, 0.15) is 5.82 Å². The molecule has 0 bridgehead atoms. The van der Waals surface area contributed by atoms with Crippen molar-refractivity contribution < 1.29 is 4.74 Å². The van der Waals surface area contributed by atoms with E-state index in [4.69, 9.17) is 4.74 Å². The van der Waals surface area contributed by atoms with Gasteiger partial charge in [0.2, 0.25) is 0 Å². The van der Waals surface area contributed by atoms with E-state index in [9.17, 15) is 0 Å². The Bertz CT molecular complexity index is 329. The normalized spacial score (nSPS) is 17.1. The largest absolute Gasteiger partial charge is 0.378 e. The van der Waals surface area contributed by atoms with Crippen molar-refractivity contribution in [3.63, 3.8) is 0 Å². The minimum atomic E-state index is 0.589. The van der Waals surface area contributed by atoms with E-state index >= 15 is 0 Å². The molecule has 1 aromatic heterocycles. The number of rotatable bonds is 5. The maximum atomic E-state index is 5.10. The number of H-pyrrole nitrogens is 1. The summed E-state index contributed by atoms with van der Waals surface area (Å²) in [5.74, 6) is 1.02. The maximum absolute atomic E-state index is 5.10. The van der Waals surface area contributed by atoms with E-state index in [2.05, 4.69) is 15.3 Å². The molecule has 1 aromatic rings. The quantitative estimate of drug-likeness (QED) is 0.801. The molecule has 0 aliphatic heterocycles. The summed E-state index contributed by atoms with van der Waals surface area (Å²) in [6.45, 7) is 3.47. The van der Waals surface area contributed by atoms with Crippen LogP contribution in [-0.4, -0.2) is 23.1 Å². The molecular formula is C12H21N3O. The van der Waals surface area contributed by atoms with Crippen molar-refractivity contribution in [2.45, 2.75) is 51.8 Å². The molecule has 1 saturated carbocycles. The van der Waals surface area contributed by atoms with Gasteiger partial charge in [-0.2, -0.15) is 0 Å². The molecule has 0 atom stereocenters. The number of methoxy groups -OCH3 is 1. The van der Waals surface area contributed by atoms with Gasteiger partial charge in [0.05, 0.1) is 18.8 Å². The molecule has 0 amide bonds. The molecule has 16 heavy (non-hydrogen) atoms. The van der Waals surface area contributed by atoms with Crippen LogP contribution in [0.15, 0.2) is 0 Å². The first-order valence-electron chi connectivity index (χ1n) is 6.06. The lowest BCUT2D eigenvalue weighted by Crippen LogP contribution is -2.25. The second kappa shape index (κ2) is 5.46. The Hall–Kier alpha value is -0.870. The summed E-state index contributed by atoms with van der Waals surface area (Å²) < 4.78 is 5.10. The van der Waals surface area contributed by atoms with Crippen LogP contribution >= 0.6 is 0 Å². The molecule has 0 radical (unpaired) electrons. The van der Waals surface area contributed by atoms with Gasteiger partial charge in [-0.25, -0.2) is 4.98 Å². The lowest BCUT2D eigenvalue weighted by Gasteiger charge is -2.09. The Morgan fingerprint density at radius 1 is 1.44 bits per heavy atom. The zero-order chi connectivity index (χ0) is 11.4. The van der Waals surface area contributed by atoms with Gasteiger partial charge in [0.25, 0.3) is 0 Å². The van der Waals surface area contributed by atoms with Crippen LogP contribution in [0.5, 0.6) is 0 Å². The average Bonchev–Trinajstić information content (AvgIpc) is 2.87. The van der Waals surface area contributed by atoms with E-state index in [1.54, 1.807) is 7.11 Å². The van der Waals surface area contributed by atoms with E-state index in [1.165, 1.54) is 25.7 Å². The summed E-state index contributed by atoms with van der Waals surface area (Å²) in [5, 5.41) is 3.55. The van der Waals surface area contributed by atoms with Crippen LogP contribution in [0, 0.1) is 6.92 Å². The zero-order valence-corrected chi connectivity index (χ0v) is 10.2. The first kappa shape index (κ1) is 11.6. The molecule has 2 N–H and O–H groups in total. The predicted octanol–water partition coefficient (Wildman–Crippen LogP) is 1.90. The highest BCUT2D eigenvalue weighted by Crippen LogP contribution is 2.18. The highest BCUT2D eigenvalue weighted by molar-refractivity contribution is 5.12. The fraction of sp³-hybridized carbons (Fsp3) is 0.750. The monoisotopic (exact) mass is 223 g/mol. The SMILES string of the molecule is COCc1nc(CNC2CCCC2)[nH]c1C. The summed E-state index contributed by atoms with van der Waals surface area (Å²) in [5.41, 5.74) is 2.13. The molecule has 2 rings (SSSR count). The summed E-state index contributed by atoms with van der Waals surface area (Å²) in [6, 6.07) is 0.691. The van der Waals surface area contributed by atoms with Crippen LogP contribution in [-0.2, 0) is 17.9 Å². The van der Waals surface area contributed by atoms with Gasteiger partial charge in [-0.3, -0.25) is 0 Å². The third-order valence-corrected chi connectivity index (χ3v) is 3.23. The van der Waals surface area contributed by atoms with Crippen molar-refractivity contribution in [1.29, 1.82) is 0 Å². The third-order valence-electron chi connectivity index (χ3n) is 3.23. The molecule has 0 aromatic carbocycles. The summed E-state index contributed by atoms with van der Waals surface area (Å²) in [4.78, 5) is 7.82. The lowest BCUT2D eigenvalue weighted by atomic mass is 10.2. The van der Waals surface area contributed by atoms with Crippen LogP contribution in [0.2, 0.25) is 0 Å². The number of ether oxygens (including phenoxy) is 1. The van der Waals surface area contributed by atoms with Crippen LogP contribution in [0.1, 0.15) is 42.9 Å². The highest BCUT2D eigenvalue weighted by Gasteiger charge is 2.14. The first-order valence-corrected chi connectivity index (χ1v) is 6.06. The minimum absolute atomic E-state index is 0.589. The number of nitrogens with zero attached hydrogens (tertiary/aromatic N) is 1. The smallest absolute Gasteiger partial charge is 0.120 e. The number of nitrogens with one attached hydrogen (secondary N) is 2. The van der Waals surface area contributed by atoms with Crippen molar-refractivity contribution >= 4 is 0 Å². The number of aromatic nitrogens is 2. The predicted molar refractivity (Wildman–Crippen MR) is 63.1 cm³/mol. The molecule has 1 fully saturated rings. The topological polar surface area (TPSA) is 49.9 Å². The standard InChI is InChI=1S/C12H21N3O/c1-9-11(8-16-2)15-12(14-9)7-13-10-5-3-4-6-10/h10,13H,3-8H2,1-2H3,(H,14,15). The number of aromatic amines is 1. The minimum Gasteiger partial charge on any atom is -0.378 e. The third kappa shape index (κ3) is 2.83. The first-order chi connectivity index (χ1) is 7.79. The fourth-order valence-electron chi connectivity index (χ4n) is 2.30. The van der Waals surface area contributed by atoms with Crippen molar-refractivity contribution in [2.24, 2.45) is 0 Å². The zero-order valence-electron chi connectivity index (χ0n) is 10.2. The molecule has 1 aliphatic carbocycles. The van der Waals surface area contributed by atoms with Crippen LogP contribution < -0.4 is 5.32 Å². The Kier molecular flexibility index (Phi) is 3.96. The molecule has 1 aliphatic rings. The van der Waals surface area contributed by atoms with Gasteiger partial charge in [-0.1, -0.05) is 12.8 Å². The maximum Gasteiger partial charge on any atom is 0.120 e. The average molecular weight is 223 g/mol. The van der Waals surface area contributed by atoms with E-state index in [0.29, 0.717) is 12.6 Å². The Morgan fingerprint density at radius 3 is 2.88 bits per heavy atom. The summed E-state index contributed by atoms with van der Waals surface area (Å²) in [6.07, 6.45) is 5.35. The highest BCUT2D eigenvalue weighted by atomic mass is 16.5. The molecule has 90 valence electrons. The Balaban J connectivity index is 1.86. The summed E-state index contributed by atoms with van der Waals surface area (Å²) >= 11 is 0. The van der Waals surface area contributed by atoms with Crippen molar-refractivity contribution in [3.8, 4) is 0 Å². The summed E-state index contributed by atoms with van der Waals surface area (Å²) in [7, 11) is 1.70. The second-order valence-electron chi connectivity index (χ2n) is 4.55. The van der Waals surface area contributed by atoms with Crippen LogP contribution in [0.3, 0.4) is 0 Å². The molecule has 0 unspecified atom stereocenters. The number of imidazole rings is 1. The van der Waals surface area contributed by atoms with E-state index < -0.39 is 0 Å².